The van der Waals surface area contributed by atoms with Crippen molar-refractivity contribution in [1.29, 1.82) is 0 Å². The summed E-state index contributed by atoms with van der Waals surface area (Å²) in [7, 11) is 0. The molecule has 1 aromatic carbocycles. The number of piperazine rings is 1. The van der Waals surface area contributed by atoms with Crippen molar-refractivity contribution in [2.24, 2.45) is 0 Å². The van der Waals surface area contributed by atoms with Crippen molar-refractivity contribution in [2.75, 3.05) is 32.7 Å². The zero-order chi connectivity index (χ0) is 16.6. The molecule has 3 rings (SSSR count). The maximum atomic E-state index is 14.0. The number of nitrogens with zero attached hydrogens (tertiary/aromatic N) is 2. The second kappa shape index (κ2) is 6.55. The van der Waals surface area contributed by atoms with Crippen LogP contribution in [0.4, 0.5) is 4.39 Å². The van der Waals surface area contributed by atoms with Gasteiger partial charge in [-0.2, -0.15) is 0 Å². The highest BCUT2D eigenvalue weighted by atomic mass is 32.1. The summed E-state index contributed by atoms with van der Waals surface area (Å²) in [4.78, 5) is 17.4. The standard InChI is InChI=1S/C17H21FN2O2S/c1-11(21)10-19-6-8-20(9-7-19)17(22)16-12(2)15-13(18)4-3-5-14(15)23-16/h3-5,11,21H,6-10H2,1-2H3/t11-/m1/s1. The fraction of sp³-hybridized carbons (Fsp3) is 0.471. The van der Waals surface area contributed by atoms with Crippen LogP contribution in [0, 0.1) is 12.7 Å². The number of amides is 1. The summed E-state index contributed by atoms with van der Waals surface area (Å²) in [6, 6.07) is 4.97. The van der Waals surface area contributed by atoms with Crippen LogP contribution in [0.2, 0.25) is 0 Å². The van der Waals surface area contributed by atoms with Gasteiger partial charge in [-0.1, -0.05) is 6.07 Å². The molecule has 2 aromatic rings. The molecule has 23 heavy (non-hydrogen) atoms. The Hall–Kier alpha value is -1.50. The molecule has 0 bridgehead atoms. The van der Waals surface area contributed by atoms with E-state index >= 15 is 0 Å². The summed E-state index contributed by atoms with van der Waals surface area (Å²) in [6.07, 6.45) is -0.356. The van der Waals surface area contributed by atoms with Crippen molar-refractivity contribution >= 4 is 27.3 Å². The number of fused-ring (bicyclic) bond motifs is 1. The number of halogens is 1. The lowest BCUT2D eigenvalue weighted by atomic mass is 10.1. The van der Waals surface area contributed by atoms with Gasteiger partial charge in [0.05, 0.1) is 11.0 Å². The summed E-state index contributed by atoms with van der Waals surface area (Å²) < 4.78 is 14.8. The van der Waals surface area contributed by atoms with Gasteiger partial charge in [0.15, 0.2) is 0 Å². The molecule has 4 nitrogen and oxygen atoms in total. The number of aliphatic hydroxyl groups excluding tert-OH is 1. The molecule has 6 heteroatoms. The van der Waals surface area contributed by atoms with Crippen LogP contribution in [0.15, 0.2) is 18.2 Å². The number of hydrogen-bond acceptors (Lipinski definition) is 4. The van der Waals surface area contributed by atoms with E-state index < -0.39 is 0 Å². The van der Waals surface area contributed by atoms with Gasteiger partial charge in [-0.3, -0.25) is 9.69 Å². The minimum atomic E-state index is -0.356. The zero-order valence-corrected chi connectivity index (χ0v) is 14.2. The molecule has 1 aromatic heterocycles. The Kier molecular flexibility index (Phi) is 4.66. The SMILES string of the molecule is Cc1c(C(=O)N2CCN(C[C@@H](C)O)CC2)sc2cccc(F)c12. The molecule has 1 N–H and O–H groups in total. The second-order valence-corrected chi connectivity index (χ2v) is 7.16. The quantitative estimate of drug-likeness (QED) is 0.936. The summed E-state index contributed by atoms with van der Waals surface area (Å²) in [5.74, 6) is -0.281. The molecule has 1 aliphatic heterocycles. The van der Waals surface area contributed by atoms with Gasteiger partial charge in [-0.25, -0.2) is 4.39 Å². The van der Waals surface area contributed by atoms with E-state index in [-0.39, 0.29) is 17.8 Å². The van der Waals surface area contributed by atoms with E-state index in [9.17, 15) is 14.3 Å². The Bertz CT molecular complexity index is 721. The summed E-state index contributed by atoms with van der Waals surface area (Å²) in [6.45, 7) is 7.02. The molecular formula is C17H21FN2O2S. The van der Waals surface area contributed by atoms with Crippen molar-refractivity contribution in [3.8, 4) is 0 Å². The van der Waals surface area contributed by atoms with Crippen LogP contribution in [-0.2, 0) is 0 Å². The number of rotatable bonds is 3. The van der Waals surface area contributed by atoms with Gasteiger partial charge >= 0.3 is 0 Å². The van der Waals surface area contributed by atoms with E-state index in [1.54, 1.807) is 13.0 Å². The molecule has 0 spiro atoms. The van der Waals surface area contributed by atoms with Crippen LogP contribution in [-0.4, -0.2) is 59.6 Å². The first-order valence-electron chi connectivity index (χ1n) is 7.84. The molecule has 2 heterocycles. The van der Waals surface area contributed by atoms with Crippen LogP contribution in [0.3, 0.4) is 0 Å². The number of benzene rings is 1. The lowest BCUT2D eigenvalue weighted by molar-refractivity contribution is 0.0557. The van der Waals surface area contributed by atoms with Gasteiger partial charge in [0.2, 0.25) is 0 Å². The van der Waals surface area contributed by atoms with Gasteiger partial charge < -0.3 is 10.0 Å². The van der Waals surface area contributed by atoms with Crippen LogP contribution in [0.25, 0.3) is 10.1 Å². The topological polar surface area (TPSA) is 43.8 Å². The Labute approximate surface area is 139 Å². The van der Waals surface area contributed by atoms with Crippen LogP contribution >= 0.6 is 11.3 Å². The molecule has 124 valence electrons. The Morgan fingerprint density at radius 2 is 2.04 bits per heavy atom. The maximum Gasteiger partial charge on any atom is 0.264 e. The fourth-order valence-corrected chi connectivity index (χ4v) is 4.30. The molecule has 1 atom stereocenters. The van der Waals surface area contributed by atoms with Crippen molar-refractivity contribution in [3.05, 3.63) is 34.5 Å². The van der Waals surface area contributed by atoms with E-state index in [4.69, 9.17) is 0 Å². The van der Waals surface area contributed by atoms with E-state index in [0.717, 1.165) is 23.4 Å². The average Bonchev–Trinajstić information content (AvgIpc) is 2.85. The van der Waals surface area contributed by atoms with Gasteiger partial charge in [0, 0.05) is 42.8 Å². The number of carbonyl (C=O) groups is 1. The number of thiophene rings is 1. The number of aliphatic hydroxyl groups is 1. The minimum Gasteiger partial charge on any atom is -0.392 e. The van der Waals surface area contributed by atoms with Crippen LogP contribution in [0.1, 0.15) is 22.2 Å². The summed E-state index contributed by atoms with van der Waals surface area (Å²) in [5.41, 5.74) is 0.736. The van der Waals surface area contributed by atoms with Crippen LogP contribution in [0.5, 0.6) is 0 Å². The van der Waals surface area contributed by atoms with Gasteiger partial charge in [0.25, 0.3) is 5.91 Å². The van der Waals surface area contributed by atoms with E-state index in [1.165, 1.54) is 17.4 Å². The lowest BCUT2D eigenvalue weighted by Gasteiger charge is -2.35. The fourth-order valence-electron chi connectivity index (χ4n) is 3.11. The molecule has 0 radical (unpaired) electrons. The molecule has 0 unspecified atom stereocenters. The predicted molar refractivity (Wildman–Crippen MR) is 90.5 cm³/mol. The molecule has 0 aliphatic carbocycles. The summed E-state index contributed by atoms with van der Waals surface area (Å²) in [5, 5.41) is 10.0. The van der Waals surface area contributed by atoms with E-state index in [2.05, 4.69) is 4.90 Å². The highest BCUT2D eigenvalue weighted by molar-refractivity contribution is 7.21. The van der Waals surface area contributed by atoms with Gasteiger partial charge in [-0.15, -0.1) is 11.3 Å². The monoisotopic (exact) mass is 336 g/mol. The maximum absolute atomic E-state index is 14.0. The zero-order valence-electron chi connectivity index (χ0n) is 13.4. The average molecular weight is 336 g/mol. The first kappa shape index (κ1) is 16.4. The van der Waals surface area contributed by atoms with E-state index in [1.807, 2.05) is 17.9 Å². The van der Waals surface area contributed by atoms with Gasteiger partial charge in [-0.05, 0) is 31.5 Å². The van der Waals surface area contributed by atoms with Gasteiger partial charge in [0.1, 0.15) is 5.82 Å². The van der Waals surface area contributed by atoms with Crippen molar-refractivity contribution in [3.63, 3.8) is 0 Å². The van der Waals surface area contributed by atoms with Crippen LogP contribution < -0.4 is 0 Å². The van der Waals surface area contributed by atoms with Crippen molar-refractivity contribution < 1.29 is 14.3 Å². The van der Waals surface area contributed by atoms with Crippen molar-refractivity contribution in [2.45, 2.75) is 20.0 Å². The third-order valence-electron chi connectivity index (χ3n) is 4.28. The van der Waals surface area contributed by atoms with E-state index in [0.29, 0.717) is 29.9 Å². The molecular weight excluding hydrogens is 315 g/mol. The Morgan fingerprint density at radius 3 is 2.65 bits per heavy atom. The largest absolute Gasteiger partial charge is 0.392 e. The Morgan fingerprint density at radius 1 is 1.35 bits per heavy atom. The number of aryl methyl sites for hydroxylation is 1. The highest BCUT2D eigenvalue weighted by Gasteiger charge is 2.26. The van der Waals surface area contributed by atoms with Crippen molar-refractivity contribution in [1.82, 2.24) is 9.80 Å². The molecule has 1 fully saturated rings. The normalized spacial score (nSPS) is 17.7. The summed E-state index contributed by atoms with van der Waals surface area (Å²) >= 11 is 1.37. The molecule has 1 saturated heterocycles. The smallest absolute Gasteiger partial charge is 0.264 e. The number of hydrogen-bond donors (Lipinski definition) is 1. The minimum absolute atomic E-state index is 0.0141. The lowest BCUT2D eigenvalue weighted by Crippen LogP contribution is -2.50. The highest BCUT2D eigenvalue weighted by Crippen LogP contribution is 2.33. The third kappa shape index (κ3) is 3.24. The third-order valence-corrected chi connectivity index (χ3v) is 5.52. The number of β-amino-alcohol motifs (C(OH)–C–C–N with tert-alkyl or cyclic N) is 1. The molecule has 1 amide bonds. The molecule has 1 aliphatic rings. The first-order chi connectivity index (χ1) is 11.0. The molecule has 0 saturated carbocycles. The first-order valence-corrected chi connectivity index (χ1v) is 8.66. The Balaban J connectivity index is 1.77. The number of carbonyl (C=O) groups excluding carboxylic acids is 1. The second-order valence-electron chi connectivity index (χ2n) is 6.11. The predicted octanol–water partition coefficient (Wildman–Crippen LogP) is 2.49.